The highest BCUT2D eigenvalue weighted by Crippen LogP contribution is 1.98. The molecule has 5 heteroatoms. The molecule has 0 spiro atoms. The van der Waals surface area contributed by atoms with Crippen LogP contribution in [0.4, 0.5) is 0 Å². The maximum Gasteiger partial charge on any atom is 0.251 e. The lowest BCUT2D eigenvalue weighted by molar-refractivity contribution is -0.121. The Morgan fingerprint density at radius 1 is 0.955 bits per heavy atom. The van der Waals surface area contributed by atoms with Gasteiger partial charge in [-0.2, -0.15) is 0 Å². The molecule has 22 heavy (non-hydrogen) atoms. The molecule has 0 aliphatic rings. The average Bonchev–Trinajstić information content (AvgIpc) is 2.58. The standard InChI is InChI=1S/C17H19N3O2/c21-16(20-13-15-9-4-5-11-18-15)10-6-12-19-17(22)14-7-2-1-3-8-14/h1-5,7-9,11H,6,10,12-13H2,(H,19,22)(H,20,21). The van der Waals surface area contributed by atoms with Gasteiger partial charge < -0.3 is 10.6 Å². The van der Waals surface area contributed by atoms with E-state index >= 15 is 0 Å². The van der Waals surface area contributed by atoms with Crippen LogP contribution >= 0.6 is 0 Å². The molecule has 0 aliphatic heterocycles. The third kappa shape index (κ3) is 5.36. The van der Waals surface area contributed by atoms with Gasteiger partial charge in [0.1, 0.15) is 0 Å². The minimum Gasteiger partial charge on any atom is -0.352 e. The Hall–Kier alpha value is -2.69. The van der Waals surface area contributed by atoms with Crippen LogP contribution in [0, 0.1) is 0 Å². The quantitative estimate of drug-likeness (QED) is 0.767. The molecule has 0 saturated carbocycles. The van der Waals surface area contributed by atoms with Crippen molar-refractivity contribution in [1.29, 1.82) is 0 Å². The van der Waals surface area contributed by atoms with Crippen molar-refractivity contribution in [2.45, 2.75) is 19.4 Å². The van der Waals surface area contributed by atoms with Crippen LogP contribution in [-0.4, -0.2) is 23.3 Å². The molecule has 2 amide bonds. The second-order valence-corrected chi connectivity index (χ2v) is 4.82. The molecular weight excluding hydrogens is 278 g/mol. The van der Waals surface area contributed by atoms with E-state index in [0.717, 1.165) is 5.69 Å². The molecule has 0 unspecified atom stereocenters. The third-order valence-electron chi connectivity index (χ3n) is 3.09. The van der Waals surface area contributed by atoms with Crippen LogP contribution in [0.5, 0.6) is 0 Å². The SMILES string of the molecule is O=C(CCCNC(=O)c1ccccc1)NCc1ccccn1. The van der Waals surface area contributed by atoms with Gasteiger partial charge in [0.25, 0.3) is 5.91 Å². The van der Waals surface area contributed by atoms with E-state index in [2.05, 4.69) is 15.6 Å². The summed E-state index contributed by atoms with van der Waals surface area (Å²) in [4.78, 5) is 27.6. The lowest BCUT2D eigenvalue weighted by atomic mass is 10.2. The van der Waals surface area contributed by atoms with E-state index in [0.29, 0.717) is 31.5 Å². The van der Waals surface area contributed by atoms with Gasteiger partial charge in [-0.05, 0) is 30.7 Å². The highest BCUT2D eigenvalue weighted by atomic mass is 16.2. The lowest BCUT2D eigenvalue weighted by Crippen LogP contribution is -2.27. The summed E-state index contributed by atoms with van der Waals surface area (Å²) in [7, 11) is 0. The third-order valence-corrected chi connectivity index (χ3v) is 3.09. The zero-order chi connectivity index (χ0) is 15.6. The molecule has 0 aliphatic carbocycles. The van der Waals surface area contributed by atoms with E-state index in [1.54, 1.807) is 18.3 Å². The number of hydrogen-bond donors (Lipinski definition) is 2. The Bertz CT molecular complexity index is 600. The Morgan fingerprint density at radius 2 is 1.73 bits per heavy atom. The zero-order valence-corrected chi connectivity index (χ0v) is 12.3. The summed E-state index contributed by atoms with van der Waals surface area (Å²) in [5.74, 6) is -0.158. The number of nitrogens with one attached hydrogen (secondary N) is 2. The van der Waals surface area contributed by atoms with Gasteiger partial charge in [0.15, 0.2) is 0 Å². The predicted molar refractivity (Wildman–Crippen MR) is 84.1 cm³/mol. The number of carbonyl (C=O) groups is 2. The monoisotopic (exact) mass is 297 g/mol. The smallest absolute Gasteiger partial charge is 0.251 e. The minimum atomic E-state index is -0.116. The van der Waals surface area contributed by atoms with E-state index in [9.17, 15) is 9.59 Å². The fourth-order valence-corrected chi connectivity index (χ4v) is 1.92. The van der Waals surface area contributed by atoms with E-state index in [1.807, 2.05) is 36.4 Å². The Balaban J connectivity index is 1.60. The maximum absolute atomic E-state index is 11.8. The summed E-state index contributed by atoms with van der Waals surface area (Å²) in [5.41, 5.74) is 1.45. The van der Waals surface area contributed by atoms with Crippen LogP contribution in [-0.2, 0) is 11.3 Å². The van der Waals surface area contributed by atoms with E-state index in [1.165, 1.54) is 0 Å². The number of amides is 2. The molecule has 1 aromatic carbocycles. The van der Waals surface area contributed by atoms with E-state index in [4.69, 9.17) is 0 Å². The van der Waals surface area contributed by atoms with Crippen molar-refractivity contribution < 1.29 is 9.59 Å². The van der Waals surface area contributed by atoms with Gasteiger partial charge in [0.05, 0.1) is 12.2 Å². The van der Waals surface area contributed by atoms with Crippen molar-refractivity contribution in [1.82, 2.24) is 15.6 Å². The van der Waals surface area contributed by atoms with Gasteiger partial charge in [0.2, 0.25) is 5.91 Å². The van der Waals surface area contributed by atoms with Crippen LogP contribution in [0.3, 0.4) is 0 Å². The molecule has 0 atom stereocenters. The number of nitrogens with zero attached hydrogens (tertiary/aromatic N) is 1. The molecule has 0 radical (unpaired) electrons. The van der Waals surface area contributed by atoms with Crippen LogP contribution in [0.2, 0.25) is 0 Å². The molecular formula is C17H19N3O2. The van der Waals surface area contributed by atoms with Crippen molar-refractivity contribution in [3.05, 3.63) is 66.0 Å². The molecule has 5 nitrogen and oxygen atoms in total. The van der Waals surface area contributed by atoms with Gasteiger partial charge in [0, 0.05) is 24.7 Å². The molecule has 0 saturated heterocycles. The summed E-state index contributed by atoms with van der Waals surface area (Å²) in [6.45, 7) is 0.904. The first-order valence-electron chi connectivity index (χ1n) is 7.25. The predicted octanol–water partition coefficient (Wildman–Crippen LogP) is 1.91. The number of benzene rings is 1. The Morgan fingerprint density at radius 3 is 2.45 bits per heavy atom. The molecule has 1 aromatic heterocycles. The Kier molecular flexibility index (Phi) is 6.11. The zero-order valence-electron chi connectivity index (χ0n) is 12.3. The van der Waals surface area contributed by atoms with Crippen LogP contribution in [0.15, 0.2) is 54.7 Å². The van der Waals surface area contributed by atoms with Crippen LogP contribution in [0.1, 0.15) is 28.9 Å². The summed E-state index contributed by atoms with van der Waals surface area (Å²) in [6, 6.07) is 14.6. The van der Waals surface area contributed by atoms with Gasteiger partial charge in [-0.15, -0.1) is 0 Å². The van der Waals surface area contributed by atoms with Crippen molar-refractivity contribution in [3.8, 4) is 0 Å². The molecule has 2 aromatic rings. The lowest BCUT2D eigenvalue weighted by Gasteiger charge is -2.06. The number of rotatable bonds is 7. The van der Waals surface area contributed by atoms with Crippen molar-refractivity contribution in [2.24, 2.45) is 0 Å². The van der Waals surface area contributed by atoms with Crippen LogP contribution < -0.4 is 10.6 Å². The van der Waals surface area contributed by atoms with Crippen molar-refractivity contribution >= 4 is 11.8 Å². The molecule has 114 valence electrons. The second-order valence-electron chi connectivity index (χ2n) is 4.82. The van der Waals surface area contributed by atoms with Gasteiger partial charge in [-0.1, -0.05) is 24.3 Å². The average molecular weight is 297 g/mol. The molecule has 2 rings (SSSR count). The van der Waals surface area contributed by atoms with Gasteiger partial charge >= 0.3 is 0 Å². The van der Waals surface area contributed by atoms with E-state index in [-0.39, 0.29) is 11.8 Å². The van der Waals surface area contributed by atoms with Gasteiger partial charge in [-0.3, -0.25) is 14.6 Å². The largest absolute Gasteiger partial charge is 0.352 e. The topological polar surface area (TPSA) is 71.1 Å². The highest BCUT2D eigenvalue weighted by molar-refractivity contribution is 5.94. The summed E-state index contributed by atoms with van der Waals surface area (Å²) < 4.78 is 0. The summed E-state index contributed by atoms with van der Waals surface area (Å²) in [6.07, 6.45) is 2.68. The summed E-state index contributed by atoms with van der Waals surface area (Å²) in [5, 5.41) is 5.60. The minimum absolute atomic E-state index is 0.0420. The van der Waals surface area contributed by atoms with Crippen LogP contribution in [0.25, 0.3) is 0 Å². The highest BCUT2D eigenvalue weighted by Gasteiger charge is 2.05. The van der Waals surface area contributed by atoms with Gasteiger partial charge in [-0.25, -0.2) is 0 Å². The number of pyridine rings is 1. The van der Waals surface area contributed by atoms with Crippen molar-refractivity contribution in [2.75, 3.05) is 6.54 Å². The number of aromatic nitrogens is 1. The first-order chi connectivity index (χ1) is 10.8. The molecule has 0 bridgehead atoms. The first kappa shape index (κ1) is 15.7. The number of carbonyl (C=O) groups excluding carboxylic acids is 2. The normalized spacial score (nSPS) is 10.0. The van der Waals surface area contributed by atoms with Crippen molar-refractivity contribution in [3.63, 3.8) is 0 Å². The molecule has 0 fully saturated rings. The fourth-order valence-electron chi connectivity index (χ4n) is 1.92. The summed E-state index contributed by atoms with van der Waals surface area (Å²) >= 11 is 0. The first-order valence-corrected chi connectivity index (χ1v) is 7.25. The molecule has 2 N–H and O–H groups in total. The maximum atomic E-state index is 11.8. The van der Waals surface area contributed by atoms with E-state index < -0.39 is 0 Å². The second kappa shape index (κ2) is 8.56. The Labute approximate surface area is 129 Å². The number of hydrogen-bond acceptors (Lipinski definition) is 3. The fraction of sp³-hybridized carbons (Fsp3) is 0.235. The molecule has 1 heterocycles.